The van der Waals surface area contributed by atoms with Crippen LogP contribution >= 0.6 is 0 Å². The minimum Gasteiger partial charge on any atom is -0.333 e. The highest BCUT2D eigenvalue weighted by Crippen LogP contribution is 2.20. The highest BCUT2D eigenvalue weighted by atomic mass is 32.2. The smallest absolute Gasteiger partial charge is 0.270 e. The van der Waals surface area contributed by atoms with Crippen molar-refractivity contribution in [3.8, 4) is 0 Å². The molecule has 8 heteroatoms. The third kappa shape index (κ3) is 2.97. The fraction of sp³-hybridized carbons (Fsp3) is 0.500. The Labute approximate surface area is 118 Å². The van der Waals surface area contributed by atoms with Crippen LogP contribution in [-0.4, -0.2) is 50.4 Å². The molecule has 1 saturated heterocycles. The number of rotatable bonds is 4. The maximum absolute atomic E-state index is 12.5. The van der Waals surface area contributed by atoms with Crippen LogP contribution in [0.15, 0.2) is 29.2 Å². The summed E-state index contributed by atoms with van der Waals surface area (Å²) in [6.07, 6.45) is 0. The van der Waals surface area contributed by atoms with Crippen LogP contribution in [-0.2, 0) is 10.0 Å². The van der Waals surface area contributed by atoms with Crippen molar-refractivity contribution in [2.75, 3.05) is 32.7 Å². The molecule has 0 bridgehead atoms. The second-order valence-corrected chi connectivity index (χ2v) is 6.70. The molecular formula is C12H18N3O4S+. The average Bonchev–Trinajstić information content (AvgIpc) is 2.47. The molecule has 0 aliphatic carbocycles. The van der Waals surface area contributed by atoms with Gasteiger partial charge in [0.25, 0.3) is 5.69 Å². The summed E-state index contributed by atoms with van der Waals surface area (Å²) < 4.78 is 26.3. The van der Waals surface area contributed by atoms with Gasteiger partial charge in [0.05, 0.1) is 42.5 Å². The second-order valence-electron chi connectivity index (χ2n) is 4.76. The largest absolute Gasteiger partial charge is 0.333 e. The molecule has 0 radical (unpaired) electrons. The van der Waals surface area contributed by atoms with E-state index in [0.29, 0.717) is 13.1 Å². The molecule has 1 aromatic rings. The van der Waals surface area contributed by atoms with Gasteiger partial charge in [0.2, 0.25) is 10.0 Å². The van der Waals surface area contributed by atoms with E-state index in [9.17, 15) is 18.5 Å². The Kier molecular flexibility index (Phi) is 4.36. The lowest BCUT2D eigenvalue weighted by Crippen LogP contribution is -3.14. The number of nitrogens with zero attached hydrogens (tertiary/aromatic N) is 2. The predicted octanol–water partition coefficient (Wildman–Crippen LogP) is -0.496. The Morgan fingerprint density at radius 3 is 2.55 bits per heavy atom. The van der Waals surface area contributed by atoms with Crippen LogP contribution in [0.25, 0.3) is 0 Å². The molecule has 0 amide bonds. The fourth-order valence-electron chi connectivity index (χ4n) is 2.30. The Morgan fingerprint density at radius 1 is 1.35 bits per heavy atom. The molecule has 20 heavy (non-hydrogen) atoms. The van der Waals surface area contributed by atoms with Crippen molar-refractivity contribution in [1.29, 1.82) is 0 Å². The lowest BCUT2D eigenvalue weighted by atomic mass is 10.3. The normalized spacial score (nSPS) is 18.1. The van der Waals surface area contributed by atoms with Gasteiger partial charge in [-0.1, -0.05) is 6.07 Å². The quantitative estimate of drug-likeness (QED) is 0.600. The summed E-state index contributed by atoms with van der Waals surface area (Å²) in [5.41, 5.74) is -0.205. The molecule has 0 spiro atoms. The number of nitro groups is 1. The fourth-order valence-corrected chi connectivity index (χ4v) is 3.78. The van der Waals surface area contributed by atoms with E-state index in [1.165, 1.54) is 27.4 Å². The zero-order chi connectivity index (χ0) is 14.8. The predicted molar refractivity (Wildman–Crippen MR) is 73.1 cm³/mol. The Morgan fingerprint density at radius 2 is 2.00 bits per heavy atom. The summed E-state index contributed by atoms with van der Waals surface area (Å²) in [5, 5.41) is 10.7. The average molecular weight is 300 g/mol. The zero-order valence-corrected chi connectivity index (χ0v) is 12.1. The first-order chi connectivity index (χ1) is 9.45. The van der Waals surface area contributed by atoms with E-state index in [2.05, 4.69) is 6.92 Å². The maximum Gasteiger partial charge on any atom is 0.270 e. The lowest BCUT2D eigenvalue weighted by molar-refractivity contribution is -0.901. The van der Waals surface area contributed by atoms with Crippen LogP contribution < -0.4 is 4.90 Å². The molecule has 0 aromatic heterocycles. The van der Waals surface area contributed by atoms with Crippen LogP contribution in [0, 0.1) is 10.1 Å². The summed E-state index contributed by atoms with van der Waals surface area (Å²) in [4.78, 5) is 11.5. The number of piperazine rings is 1. The molecule has 2 rings (SSSR count). The number of likely N-dealkylation sites (N-methyl/N-ethyl adjacent to an activating group) is 1. The summed E-state index contributed by atoms with van der Waals surface area (Å²) in [6.45, 7) is 5.49. The maximum atomic E-state index is 12.5. The van der Waals surface area contributed by atoms with Crippen LogP contribution in [0.4, 0.5) is 5.69 Å². The monoisotopic (exact) mass is 300 g/mol. The van der Waals surface area contributed by atoms with Crippen LogP contribution in [0.3, 0.4) is 0 Å². The Bertz CT molecular complexity index is 594. The van der Waals surface area contributed by atoms with Gasteiger partial charge in [-0.3, -0.25) is 10.1 Å². The van der Waals surface area contributed by atoms with Gasteiger partial charge < -0.3 is 4.90 Å². The standard InChI is InChI=1S/C12H17N3O4S/c1-2-13-6-8-14(9-7-13)20(18,19)12-5-3-4-11(10-12)15(16)17/h3-5,10H,2,6-9H2,1H3/p+1. The molecule has 1 aromatic carbocycles. The molecule has 110 valence electrons. The van der Waals surface area contributed by atoms with Crippen molar-refractivity contribution < 1.29 is 18.2 Å². The minimum absolute atomic E-state index is 0.00773. The first-order valence-corrected chi connectivity index (χ1v) is 7.97. The molecule has 1 aliphatic rings. The topological polar surface area (TPSA) is 85.0 Å². The molecule has 0 atom stereocenters. The number of quaternary nitrogens is 1. The molecule has 1 heterocycles. The van der Waals surface area contributed by atoms with E-state index >= 15 is 0 Å². The van der Waals surface area contributed by atoms with Gasteiger partial charge in [-0.25, -0.2) is 8.42 Å². The van der Waals surface area contributed by atoms with Gasteiger partial charge in [-0.05, 0) is 13.0 Å². The highest BCUT2D eigenvalue weighted by molar-refractivity contribution is 7.89. The number of benzene rings is 1. The van der Waals surface area contributed by atoms with Gasteiger partial charge >= 0.3 is 0 Å². The minimum atomic E-state index is -3.63. The molecule has 1 fully saturated rings. The zero-order valence-electron chi connectivity index (χ0n) is 11.3. The van der Waals surface area contributed by atoms with Crippen molar-refractivity contribution >= 4 is 15.7 Å². The Balaban J connectivity index is 2.23. The van der Waals surface area contributed by atoms with Crippen molar-refractivity contribution in [2.24, 2.45) is 0 Å². The van der Waals surface area contributed by atoms with E-state index in [4.69, 9.17) is 0 Å². The lowest BCUT2D eigenvalue weighted by Gasteiger charge is -2.30. The number of non-ortho nitro benzene ring substituents is 1. The number of nitro benzene ring substituents is 1. The molecule has 0 unspecified atom stereocenters. The number of sulfonamides is 1. The third-order valence-electron chi connectivity index (χ3n) is 3.60. The van der Waals surface area contributed by atoms with Gasteiger partial charge in [-0.15, -0.1) is 0 Å². The van der Waals surface area contributed by atoms with Gasteiger partial charge in [0, 0.05) is 12.1 Å². The van der Waals surface area contributed by atoms with E-state index in [1.54, 1.807) is 0 Å². The van der Waals surface area contributed by atoms with Gasteiger partial charge in [0.15, 0.2) is 0 Å². The number of nitrogens with one attached hydrogen (secondary N) is 1. The summed E-state index contributed by atoms with van der Waals surface area (Å²) >= 11 is 0. The number of hydrogen-bond acceptors (Lipinski definition) is 4. The third-order valence-corrected chi connectivity index (χ3v) is 5.49. The second kappa shape index (κ2) is 5.86. The van der Waals surface area contributed by atoms with Crippen LogP contribution in [0.5, 0.6) is 0 Å². The summed E-state index contributed by atoms with van der Waals surface area (Å²) in [5.74, 6) is 0. The summed E-state index contributed by atoms with van der Waals surface area (Å²) in [6, 6.07) is 5.21. The SMILES string of the molecule is CC[NH+]1CCN(S(=O)(=O)c2cccc([N+](=O)[O-])c2)CC1. The van der Waals surface area contributed by atoms with Crippen molar-refractivity contribution in [1.82, 2.24) is 4.31 Å². The van der Waals surface area contributed by atoms with Gasteiger partial charge in [-0.2, -0.15) is 4.31 Å². The molecule has 7 nitrogen and oxygen atoms in total. The molecule has 0 saturated carbocycles. The molecular weight excluding hydrogens is 282 g/mol. The Hall–Kier alpha value is -1.51. The molecule has 1 N–H and O–H groups in total. The van der Waals surface area contributed by atoms with Crippen molar-refractivity contribution in [3.05, 3.63) is 34.4 Å². The van der Waals surface area contributed by atoms with Crippen molar-refractivity contribution in [2.45, 2.75) is 11.8 Å². The van der Waals surface area contributed by atoms with Gasteiger partial charge in [0.1, 0.15) is 0 Å². The van der Waals surface area contributed by atoms with E-state index in [-0.39, 0.29) is 10.6 Å². The van der Waals surface area contributed by atoms with E-state index in [0.717, 1.165) is 25.7 Å². The van der Waals surface area contributed by atoms with Crippen LogP contribution in [0.1, 0.15) is 6.92 Å². The van der Waals surface area contributed by atoms with E-state index in [1.807, 2.05) is 0 Å². The molecule has 1 aliphatic heterocycles. The van der Waals surface area contributed by atoms with Crippen molar-refractivity contribution in [3.63, 3.8) is 0 Å². The summed E-state index contributed by atoms with van der Waals surface area (Å²) in [7, 11) is -3.63. The van der Waals surface area contributed by atoms with E-state index < -0.39 is 14.9 Å². The first-order valence-electron chi connectivity index (χ1n) is 6.53. The first kappa shape index (κ1) is 14.9. The highest BCUT2D eigenvalue weighted by Gasteiger charge is 2.30. The van der Waals surface area contributed by atoms with Crippen LogP contribution in [0.2, 0.25) is 0 Å². The number of hydrogen-bond donors (Lipinski definition) is 1.